The Morgan fingerprint density at radius 1 is 1.53 bits per heavy atom. The predicted octanol–water partition coefficient (Wildman–Crippen LogP) is 2.75. The van der Waals surface area contributed by atoms with Crippen molar-refractivity contribution in [2.24, 2.45) is 0 Å². The van der Waals surface area contributed by atoms with Crippen LogP contribution in [0.3, 0.4) is 0 Å². The van der Waals surface area contributed by atoms with Gasteiger partial charge in [-0.05, 0) is 28.9 Å². The van der Waals surface area contributed by atoms with E-state index in [-0.39, 0.29) is 18.1 Å². The van der Waals surface area contributed by atoms with Crippen molar-refractivity contribution in [3.63, 3.8) is 0 Å². The van der Waals surface area contributed by atoms with E-state index in [1.54, 1.807) is 13.0 Å². The van der Waals surface area contributed by atoms with Crippen molar-refractivity contribution in [1.82, 2.24) is 0 Å². The van der Waals surface area contributed by atoms with Crippen LogP contribution in [0.15, 0.2) is 22.7 Å². The Bertz CT molecular complexity index is 479. The number of rotatable bonds is 6. The van der Waals surface area contributed by atoms with Crippen molar-refractivity contribution in [2.45, 2.75) is 13.3 Å². The van der Waals surface area contributed by atoms with Crippen LogP contribution in [0.5, 0.6) is 0 Å². The lowest BCUT2D eigenvalue weighted by molar-refractivity contribution is -0.384. The van der Waals surface area contributed by atoms with Gasteiger partial charge in [-0.2, -0.15) is 0 Å². The van der Waals surface area contributed by atoms with Crippen LogP contribution < -0.4 is 4.90 Å². The molecular weight excluding hydrogens is 316 g/mol. The molecule has 0 spiro atoms. The molecule has 6 nitrogen and oxygen atoms in total. The number of halogens is 1. The topological polar surface area (TPSA) is 72.7 Å². The highest BCUT2D eigenvalue weighted by atomic mass is 79.9. The highest BCUT2D eigenvalue weighted by Crippen LogP contribution is 2.29. The Labute approximate surface area is 119 Å². The third-order valence-corrected chi connectivity index (χ3v) is 3.15. The highest BCUT2D eigenvalue weighted by molar-refractivity contribution is 9.10. The number of nitro benzene ring substituents is 1. The predicted molar refractivity (Wildman–Crippen MR) is 75.3 cm³/mol. The number of nitrogens with zero attached hydrogens (tertiary/aromatic N) is 2. The van der Waals surface area contributed by atoms with Crippen LogP contribution in [0.25, 0.3) is 0 Å². The Hall–Kier alpha value is -1.63. The number of hydrogen-bond donors (Lipinski definition) is 0. The molecule has 1 rings (SSSR count). The second-order valence-corrected chi connectivity index (χ2v) is 4.72. The Morgan fingerprint density at radius 2 is 2.21 bits per heavy atom. The number of anilines is 1. The molecule has 0 bridgehead atoms. The van der Waals surface area contributed by atoms with Gasteiger partial charge < -0.3 is 9.64 Å². The lowest BCUT2D eigenvalue weighted by atomic mass is 10.2. The van der Waals surface area contributed by atoms with Crippen LogP contribution in [0.4, 0.5) is 11.4 Å². The van der Waals surface area contributed by atoms with Gasteiger partial charge in [0.15, 0.2) is 0 Å². The van der Waals surface area contributed by atoms with E-state index in [1.807, 2.05) is 11.9 Å². The average molecular weight is 331 g/mol. The average Bonchev–Trinajstić information content (AvgIpc) is 2.36. The highest BCUT2D eigenvalue weighted by Gasteiger charge is 2.13. The number of esters is 1. The van der Waals surface area contributed by atoms with E-state index in [2.05, 4.69) is 15.9 Å². The lowest BCUT2D eigenvalue weighted by Gasteiger charge is -2.20. The van der Waals surface area contributed by atoms with E-state index in [4.69, 9.17) is 4.74 Å². The molecule has 0 saturated heterocycles. The number of nitro groups is 1. The fraction of sp³-hybridized carbons (Fsp3) is 0.417. The first-order valence-corrected chi connectivity index (χ1v) is 6.55. The van der Waals surface area contributed by atoms with Crippen molar-refractivity contribution in [3.05, 3.63) is 32.8 Å². The summed E-state index contributed by atoms with van der Waals surface area (Å²) in [6.07, 6.45) is 0.272. The minimum absolute atomic E-state index is 0.0226. The zero-order valence-corrected chi connectivity index (χ0v) is 12.3. The monoisotopic (exact) mass is 330 g/mol. The molecule has 0 aliphatic carbocycles. The minimum atomic E-state index is -0.451. The van der Waals surface area contributed by atoms with Gasteiger partial charge in [0.2, 0.25) is 0 Å². The molecule has 0 heterocycles. The first-order chi connectivity index (χ1) is 8.95. The number of ether oxygens (including phenoxy) is 1. The summed E-state index contributed by atoms with van der Waals surface area (Å²) in [5, 5.41) is 10.6. The van der Waals surface area contributed by atoms with Crippen LogP contribution in [-0.4, -0.2) is 31.1 Å². The fourth-order valence-electron chi connectivity index (χ4n) is 1.53. The van der Waals surface area contributed by atoms with Gasteiger partial charge in [0.1, 0.15) is 0 Å². The normalized spacial score (nSPS) is 10.1. The van der Waals surface area contributed by atoms with E-state index in [0.717, 1.165) is 5.69 Å². The summed E-state index contributed by atoms with van der Waals surface area (Å²) in [7, 11) is 1.81. The van der Waals surface area contributed by atoms with E-state index in [0.29, 0.717) is 17.6 Å². The van der Waals surface area contributed by atoms with Gasteiger partial charge >= 0.3 is 5.97 Å². The molecule has 0 saturated carbocycles. The maximum Gasteiger partial charge on any atom is 0.307 e. The molecule has 0 aromatic heterocycles. The van der Waals surface area contributed by atoms with Gasteiger partial charge in [0, 0.05) is 30.2 Å². The maximum atomic E-state index is 11.3. The maximum absolute atomic E-state index is 11.3. The zero-order valence-electron chi connectivity index (χ0n) is 10.8. The van der Waals surface area contributed by atoms with Crippen LogP contribution in [0.2, 0.25) is 0 Å². The molecule has 0 aliphatic heterocycles. The molecular formula is C12H15BrN2O4. The second kappa shape index (κ2) is 7.08. The molecule has 7 heteroatoms. The van der Waals surface area contributed by atoms with E-state index < -0.39 is 4.92 Å². The third kappa shape index (κ3) is 4.51. The smallest absolute Gasteiger partial charge is 0.307 e. The van der Waals surface area contributed by atoms with Gasteiger partial charge in [0.05, 0.1) is 23.6 Å². The standard InChI is InChI=1S/C12H15BrN2O4/c1-3-19-12(16)6-7-14(2)11-5-4-9(15(17)18)8-10(11)13/h4-5,8H,3,6-7H2,1-2H3. The lowest BCUT2D eigenvalue weighted by Crippen LogP contribution is -2.22. The Morgan fingerprint density at radius 3 is 2.74 bits per heavy atom. The summed E-state index contributed by atoms with van der Waals surface area (Å²) in [5.41, 5.74) is 0.810. The molecule has 1 aromatic carbocycles. The SMILES string of the molecule is CCOC(=O)CCN(C)c1ccc([N+](=O)[O-])cc1Br. The number of hydrogen-bond acceptors (Lipinski definition) is 5. The molecule has 19 heavy (non-hydrogen) atoms. The summed E-state index contributed by atoms with van der Waals surface area (Å²) < 4.78 is 5.46. The summed E-state index contributed by atoms with van der Waals surface area (Å²) in [5.74, 6) is -0.257. The van der Waals surface area contributed by atoms with Crippen molar-refractivity contribution in [2.75, 3.05) is 25.1 Å². The van der Waals surface area contributed by atoms with Gasteiger partial charge in [-0.3, -0.25) is 14.9 Å². The Kier molecular flexibility index (Phi) is 5.75. The second-order valence-electron chi connectivity index (χ2n) is 3.87. The molecule has 104 valence electrons. The Balaban J connectivity index is 2.69. The number of carbonyl (C=O) groups excluding carboxylic acids is 1. The summed E-state index contributed by atoms with van der Waals surface area (Å²) >= 11 is 3.29. The zero-order chi connectivity index (χ0) is 14.4. The summed E-state index contributed by atoms with van der Waals surface area (Å²) in [6, 6.07) is 4.52. The molecule has 0 amide bonds. The largest absolute Gasteiger partial charge is 0.466 e. The molecule has 0 aliphatic rings. The van der Waals surface area contributed by atoms with Crippen LogP contribution >= 0.6 is 15.9 Å². The van der Waals surface area contributed by atoms with Crippen LogP contribution in [-0.2, 0) is 9.53 Å². The van der Waals surface area contributed by atoms with Gasteiger partial charge in [-0.1, -0.05) is 0 Å². The molecule has 0 radical (unpaired) electrons. The summed E-state index contributed by atoms with van der Waals surface area (Å²) in [4.78, 5) is 23.3. The molecule has 0 fully saturated rings. The van der Waals surface area contributed by atoms with Crippen molar-refractivity contribution < 1.29 is 14.5 Å². The first kappa shape index (κ1) is 15.4. The van der Waals surface area contributed by atoms with Crippen molar-refractivity contribution >= 4 is 33.3 Å². The quantitative estimate of drug-likeness (QED) is 0.455. The first-order valence-electron chi connectivity index (χ1n) is 5.76. The van der Waals surface area contributed by atoms with E-state index >= 15 is 0 Å². The van der Waals surface area contributed by atoms with Crippen LogP contribution in [0.1, 0.15) is 13.3 Å². The molecule has 0 N–H and O–H groups in total. The van der Waals surface area contributed by atoms with E-state index in [1.165, 1.54) is 12.1 Å². The van der Waals surface area contributed by atoms with Crippen LogP contribution in [0, 0.1) is 10.1 Å². The van der Waals surface area contributed by atoms with Gasteiger partial charge in [-0.25, -0.2) is 0 Å². The summed E-state index contributed by atoms with van der Waals surface area (Å²) in [6.45, 7) is 2.60. The van der Waals surface area contributed by atoms with Gasteiger partial charge in [-0.15, -0.1) is 0 Å². The van der Waals surface area contributed by atoms with E-state index in [9.17, 15) is 14.9 Å². The number of benzene rings is 1. The van der Waals surface area contributed by atoms with Crippen molar-refractivity contribution in [3.8, 4) is 0 Å². The molecule has 0 unspecified atom stereocenters. The fourth-order valence-corrected chi connectivity index (χ4v) is 2.20. The molecule has 0 atom stereocenters. The number of carbonyl (C=O) groups is 1. The van der Waals surface area contributed by atoms with Gasteiger partial charge in [0.25, 0.3) is 5.69 Å². The third-order valence-electron chi connectivity index (χ3n) is 2.51. The minimum Gasteiger partial charge on any atom is -0.466 e. The van der Waals surface area contributed by atoms with Crippen molar-refractivity contribution in [1.29, 1.82) is 0 Å². The number of non-ortho nitro benzene ring substituents is 1. The molecule has 1 aromatic rings.